The molecule has 2 saturated heterocycles. The summed E-state index contributed by atoms with van der Waals surface area (Å²) in [5.74, 6) is 3.56. The first kappa shape index (κ1) is 17.7. The van der Waals surface area contributed by atoms with Crippen LogP contribution in [0.2, 0.25) is 0 Å². The monoisotopic (exact) mass is 335 g/mol. The topological polar surface area (TPSA) is 61.5 Å². The predicted molar refractivity (Wildman–Crippen MR) is 96.4 cm³/mol. The normalized spacial score (nSPS) is 23.6. The number of rotatable bonds is 5. The SMILES string of the molecule is CC(C)C(C)c1cc(N2CCC(CC3(O)CCNCC3)CC2)no1. The van der Waals surface area contributed by atoms with Gasteiger partial charge in [-0.3, -0.25) is 0 Å². The Morgan fingerprint density at radius 2 is 1.96 bits per heavy atom. The largest absolute Gasteiger partial charge is 0.390 e. The molecule has 2 aliphatic rings. The molecule has 1 unspecified atom stereocenters. The lowest BCUT2D eigenvalue weighted by molar-refractivity contribution is -0.0145. The maximum absolute atomic E-state index is 10.7. The first-order chi connectivity index (χ1) is 11.5. The fourth-order valence-electron chi connectivity index (χ4n) is 3.97. The number of nitrogens with zero attached hydrogens (tertiary/aromatic N) is 2. The Morgan fingerprint density at radius 3 is 2.58 bits per heavy atom. The molecule has 3 rings (SSSR count). The molecule has 3 heterocycles. The summed E-state index contributed by atoms with van der Waals surface area (Å²) in [6.45, 7) is 10.5. The third-order valence-corrected chi connectivity index (χ3v) is 6.11. The lowest BCUT2D eigenvalue weighted by Crippen LogP contribution is -2.44. The number of aliphatic hydroxyl groups is 1. The summed E-state index contributed by atoms with van der Waals surface area (Å²) >= 11 is 0. The molecule has 5 nitrogen and oxygen atoms in total. The van der Waals surface area contributed by atoms with Crippen LogP contribution in [-0.4, -0.2) is 42.0 Å². The van der Waals surface area contributed by atoms with E-state index in [4.69, 9.17) is 4.52 Å². The molecule has 0 aromatic carbocycles. The molecule has 0 amide bonds. The number of nitrogens with one attached hydrogen (secondary N) is 1. The summed E-state index contributed by atoms with van der Waals surface area (Å²) in [7, 11) is 0. The molecule has 1 atom stereocenters. The van der Waals surface area contributed by atoms with Crippen LogP contribution in [0.5, 0.6) is 0 Å². The Labute approximate surface area is 145 Å². The molecule has 0 spiro atoms. The smallest absolute Gasteiger partial charge is 0.172 e. The number of hydrogen-bond donors (Lipinski definition) is 2. The lowest BCUT2D eigenvalue weighted by Gasteiger charge is -2.39. The van der Waals surface area contributed by atoms with Crippen molar-refractivity contribution in [3.63, 3.8) is 0 Å². The fraction of sp³-hybridized carbons (Fsp3) is 0.842. The van der Waals surface area contributed by atoms with Gasteiger partial charge in [0.1, 0.15) is 5.76 Å². The number of aromatic nitrogens is 1. The van der Waals surface area contributed by atoms with Crippen LogP contribution in [0.3, 0.4) is 0 Å². The molecule has 1 aromatic heterocycles. The highest BCUT2D eigenvalue weighted by molar-refractivity contribution is 5.39. The molecular formula is C19H33N3O2. The Kier molecular flexibility index (Phi) is 5.50. The summed E-state index contributed by atoms with van der Waals surface area (Å²) in [5, 5.41) is 18.4. The highest BCUT2D eigenvalue weighted by Crippen LogP contribution is 2.33. The maximum atomic E-state index is 10.7. The quantitative estimate of drug-likeness (QED) is 0.865. The Morgan fingerprint density at radius 1 is 1.29 bits per heavy atom. The Bertz CT molecular complexity index is 514. The standard InChI is InChI=1S/C19H33N3O2/c1-14(2)15(3)17-12-18(21-24-17)22-10-4-16(5-11-22)13-19(23)6-8-20-9-7-19/h12,14-16,20,23H,4-11,13H2,1-3H3. The van der Waals surface area contributed by atoms with Crippen LogP contribution < -0.4 is 10.2 Å². The number of anilines is 1. The van der Waals surface area contributed by atoms with Crippen molar-refractivity contribution in [3.05, 3.63) is 11.8 Å². The van der Waals surface area contributed by atoms with E-state index in [1.165, 1.54) is 0 Å². The summed E-state index contributed by atoms with van der Waals surface area (Å²) < 4.78 is 5.57. The number of hydrogen-bond acceptors (Lipinski definition) is 5. The van der Waals surface area contributed by atoms with Crippen molar-refractivity contribution in [3.8, 4) is 0 Å². The fourth-order valence-corrected chi connectivity index (χ4v) is 3.97. The van der Waals surface area contributed by atoms with Crippen LogP contribution in [0, 0.1) is 11.8 Å². The van der Waals surface area contributed by atoms with Gasteiger partial charge in [-0.05, 0) is 57.0 Å². The molecule has 5 heteroatoms. The predicted octanol–water partition coefficient (Wildman–Crippen LogP) is 3.16. The molecule has 0 aliphatic carbocycles. The zero-order chi connectivity index (χ0) is 17.2. The minimum atomic E-state index is -0.439. The molecule has 1 aromatic rings. The summed E-state index contributed by atoms with van der Waals surface area (Å²) in [4.78, 5) is 2.34. The van der Waals surface area contributed by atoms with Gasteiger partial charge in [0.2, 0.25) is 0 Å². The van der Waals surface area contributed by atoms with Gasteiger partial charge in [0.25, 0.3) is 0 Å². The van der Waals surface area contributed by atoms with Crippen molar-refractivity contribution in [2.24, 2.45) is 11.8 Å². The second-order valence-electron chi connectivity index (χ2n) is 8.23. The first-order valence-corrected chi connectivity index (χ1v) is 9.61. The van der Waals surface area contributed by atoms with E-state index in [2.05, 4.69) is 42.2 Å². The van der Waals surface area contributed by atoms with Crippen LogP contribution in [0.4, 0.5) is 5.82 Å². The second-order valence-corrected chi connectivity index (χ2v) is 8.23. The summed E-state index contributed by atoms with van der Waals surface area (Å²) in [6, 6.07) is 2.12. The average molecular weight is 335 g/mol. The van der Waals surface area contributed by atoms with Crippen LogP contribution in [0.25, 0.3) is 0 Å². The van der Waals surface area contributed by atoms with E-state index in [1.54, 1.807) is 0 Å². The van der Waals surface area contributed by atoms with Gasteiger partial charge < -0.3 is 19.8 Å². The first-order valence-electron chi connectivity index (χ1n) is 9.61. The van der Waals surface area contributed by atoms with E-state index in [9.17, 15) is 5.11 Å². The zero-order valence-electron chi connectivity index (χ0n) is 15.4. The molecule has 2 fully saturated rings. The van der Waals surface area contributed by atoms with Crippen LogP contribution in [-0.2, 0) is 0 Å². The van der Waals surface area contributed by atoms with Gasteiger partial charge in [0, 0.05) is 25.1 Å². The van der Waals surface area contributed by atoms with Crippen molar-refractivity contribution >= 4 is 5.82 Å². The minimum Gasteiger partial charge on any atom is -0.390 e. The molecule has 24 heavy (non-hydrogen) atoms. The van der Waals surface area contributed by atoms with Gasteiger partial charge in [-0.2, -0.15) is 0 Å². The second kappa shape index (κ2) is 7.44. The van der Waals surface area contributed by atoms with Gasteiger partial charge in [-0.15, -0.1) is 0 Å². The van der Waals surface area contributed by atoms with Crippen molar-refractivity contribution in [2.75, 3.05) is 31.1 Å². The third kappa shape index (κ3) is 4.12. The summed E-state index contributed by atoms with van der Waals surface area (Å²) in [6.07, 6.45) is 5.02. The van der Waals surface area contributed by atoms with E-state index >= 15 is 0 Å². The molecule has 2 N–H and O–H groups in total. The molecule has 0 saturated carbocycles. The van der Waals surface area contributed by atoms with Crippen molar-refractivity contribution in [2.45, 2.75) is 64.4 Å². The number of piperidine rings is 2. The summed E-state index contributed by atoms with van der Waals surface area (Å²) in [5.41, 5.74) is -0.439. The van der Waals surface area contributed by atoms with E-state index in [1.807, 2.05) is 0 Å². The molecule has 136 valence electrons. The van der Waals surface area contributed by atoms with E-state index in [-0.39, 0.29) is 0 Å². The van der Waals surface area contributed by atoms with Crippen LogP contribution >= 0.6 is 0 Å². The maximum Gasteiger partial charge on any atom is 0.172 e. The Balaban J connectivity index is 1.52. The van der Waals surface area contributed by atoms with Gasteiger partial charge in [0.05, 0.1) is 5.60 Å². The zero-order valence-corrected chi connectivity index (χ0v) is 15.4. The molecule has 2 aliphatic heterocycles. The van der Waals surface area contributed by atoms with Gasteiger partial charge in [-0.1, -0.05) is 25.9 Å². The van der Waals surface area contributed by atoms with Gasteiger partial charge >= 0.3 is 0 Å². The molecule has 0 bridgehead atoms. The van der Waals surface area contributed by atoms with E-state index in [0.717, 1.165) is 69.9 Å². The van der Waals surface area contributed by atoms with Crippen molar-refractivity contribution < 1.29 is 9.63 Å². The highest BCUT2D eigenvalue weighted by Gasteiger charge is 2.33. The van der Waals surface area contributed by atoms with Gasteiger partial charge in [0.15, 0.2) is 5.82 Å². The van der Waals surface area contributed by atoms with Crippen molar-refractivity contribution in [1.29, 1.82) is 0 Å². The minimum absolute atomic E-state index is 0.401. The van der Waals surface area contributed by atoms with E-state index in [0.29, 0.717) is 17.8 Å². The third-order valence-electron chi connectivity index (χ3n) is 6.11. The van der Waals surface area contributed by atoms with Crippen LogP contribution in [0.15, 0.2) is 10.6 Å². The Hall–Kier alpha value is -1.07. The van der Waals surface area contributed by atoms with Crippen LogP contribution in [0.1, 0.15) is 64.6 Å². The van der Waals surface area contributed by atoms with Crippen molar-refractivity contribution in [1.82, 2.24) is 10.5 Å². The van der Waals surface area contributed by atoms with Gasteiger partial charge in [-0.25, -0.2) is 0 Å². The lowest BCUT2D eigenvalue weighted by atomic mass is 9.80. The van der Waals surface area contributed by atoms with E-state index < -0.39 is 5.60 Å². The molecular weight excluding hydrogens is 302 g/mol. The molecule has 0 radical (unpaired) electrons. The average Bonchev–Trinajstić information content (AvgIpc) is 3.05. The highest BCUT2D eigenvalue weighted by atomic mass is 16.5.